The van der Waals surface area contributed by atoms with Crippen molar-refractivity contribution in [3.05, 3.63) is 77.4 Å². The first-order chi connectivity index (χ1) is 14.0. The van der Waals surface area contributed by atoms with Crippen LogP contribution in [0.3, 0.4) is 0 Å². The number of benzene rings is 2. The Morgan fingerprint density at radius 2 is 1.77 bits per heavy atom. The highest BCUT2D eigenvalue weighted by molar-refractivity contribution is 5.32. The Balaban J connectivity index is 1.94. The summed E-state index contributed by atoms with van der Waals surface area (Å²) in [6.45, 7) is 7.49. The molecule has 0 atom stereocenters. The zero-order chi connectivity index (χ0) is 22.2. The van der Waals surface area contributed by atoms with Crippen molar-refractivity contribution in [1.82, 2.24) is 4.90 Å². The summed E-state index contributed by atoms with van der Waals surface area (Å²) >= 11 is 0. The molecule has 0 bridgehead atoms. The van der Waals surface area contributed by atoms with E-state index >= 15 is 0 Å². The molecule has 5 heteroatoms. The predicted molar refractivity (Wildman–Crippen MR) is 115 cm³/mol. The van der Waals surface area contributed by atoms with Gasteiger partial charge in [-0.2, -0.15) is 13.2 Å². The van der Waals surface area contributed by atoms with E-state index in [0.29, 0.717) is 12.3 Å². The van der Waals surface area contributed by atoms with E-state index in [9.17, 15) is 13.2 Å². The third-order valence-corrected chi connectivity index (χ3v) is 4.13. The Bertz CT molecular complexity index is 914. The van der Waals surface area contributed by atoms with Gasteiger partial charge in [-0.3, -0.25) is 4.90 Å². The molecule has 0 heterocycles. The summed E-state index contributed by atoms with van der Waals surface area (Å²) in [6.07, 6.45) is -0.526. The molecular weight excluding hydrogens is 387 g/mol. The van der Waals surface area contributed by atoms with Crippen LogP contribution in [0.2, 0.25) is 0 Å². The predicted octanol–water partition coefficient (Wildman–Crippen LogP) is 6.32. The van der Waals surface area contributed by atoms with Crippen molar-refractivity contribution in [2.24, 2.45) is 5.41 Å². The fraction of sp³-hybridized carbons (Fsp3) is 0.360. The van der Waals surface area contributed by atoms with Crippen LogP contribution in [0.1, 0.15) is 37.5 Å². The van der Waals surface area contributed by atoms with Crippen LogP contribution in [0.15, 0.2) is 60.7 Å². The largest absolute Gasteiger partial charge is 0.489 e. The third-order valence-electron chi connectivity index (χ3n) is 4.13. The van der Waals surface area contributed by atoms with E-state index in [2.05, 4.69) is 37.5 Å². The van der Waals surface area contributed by atoms with Crippen molar-refractivity contribution in [2.75, 3.05) is 13.6 Å². The van der Waals surface area contributed by atoms with Gasteiger partial charge in [-0.25, -0.2) is 0 Å². The summed E-state index contributed by atoms with van der Waals surface area (Å²) in [7, 11) is 1.99. The maximum atomic E-state index is 13.1. The summed E-state index contributed by atoms with van der Waals surface area (Å²) in [4.78, 5) is 2.12. The highest BCUT2D eigenvalue weighted by Gasteiger charge is 2.32. The Labute approximate surface area is 177 Å². The van der Waals surface area contributed by atoms with Gasteiger partial charge in [0.25, 0.3) is 0 Å². The summed E-state index contributed by atoms with van der Waals surface area (Å²) in [6, 6.07) is 12.9. The molecule has 0 unspecified atom stereocenters. The normalized spacial score (nSPS) is 12.1. The molecule has 0 radical (unpaired) electrons. The number of rotatable bonds is 7. The van der Waals surface area contributed by atoms with E-state index in [1.807, 2.05) is 37.4 Å². The van der Waals surface area contributed by atoms with E-state index in [0.717, 1.165) is 18.2 Å². The second-order valence-corrected chi connectivity index (χ2v) is 8.21. The van der Waals surface area contributed by atoms with Crippen LogP contribution in [0, 0.1) is 17.3 Å². The zero-order valence-electron chi connectivity index (χ0n) is 17.9. The van der Waals surface area contributed by atoms with Gasteiger partial charge in [0.15, 0.2) is 0 Å². The highest BCUT2D eigenvalue weighted by atomic mass is 19.4. The Morgan fingerprint density at radius 1 is 1.03 bits per heavy atom. The molecule has 160 valence electrons. The number of hydrogen-bond acceptors (Lipinski definition) is 2. The second-order valence-electron chi connectivity index (χ2n) is 8.21. The lowest BCUT2D eigenvalue weighted by Gasteiger charge is -2.16. The standard InChI is InChI=1S/C25H28F3NO/c1-24(2,3)15-8-5-9-16-29(4)18-20-11-10-13-22(17-20)30-19-21-12-6-7-14-23(21)25(26,27)28/h5-7,9-14,17H,16,18-19H2,1-4H3/b9-5+. The number of nitrogens with zero attached hydrogens (tertiary/aromatic N) is 1. The topological polar surface area (TPSA) is 12.5 Å². The SMILES string of the molecule is CN(C/C=C/C#CC(C)(C)C)Cc1cccc(OCc2ccccc2C(F)(F)F)c1. The molecule has 2 nitrogen and oxygen atoms in total. The molecule has 0 amide bonds. The van der Waals surface area contributed by atoms with E-state index < -0.39 is 11.7 Å². The minimum atomic E-state index is -4.39. The van der Waals surface area contributed by atoms with Crippen molar-refractivity contribution in [1.29, 1.82) is 0 Å². The molecule has 0 saturated heterocycles. The minimum absolute atomic E-state index is 0.0166. The van der Waals surface area contributed by atoms with Crippen LogP contribution in [0.5, 0.6) is 5.75 Å². The van der Waals surface area contributed by atoms with Gasteiger partial charge in [0.1, 0.15) is 12.4 Å². The quantitative estimate of drug-likeness (QED) is 0.491. The van der Waals surface area contributed by atoms with Crippen LogP contribution in [-0.2, 0) is 19.3 Å². The van der Waals surface area contributed by atoms with Crippen LogP contribution < -0.4 is 4.74 Å². The van der Waals surface area contributed by atoms with Crippen molar-refractivity contribution < 1.29 is 17.9 Å². The second kappa shape index (κ2) is 10.4. The number of allylic oxidation sites excluding steroid dienone is 1. The van der Waals surface area contributed by atoms with Gasteiger partial charge in [-0.1, -0.05) is 48.2 Å². The number of alkyl halides is 3. The Hall–Kier alpha value is -2.71. The van der Waals surface area contributed by atoms with Gasteiger partial charge in [0, 0.05) is 24.1 Å². The monoisotopic (exact) mass is 415 g/mol. The number of hydrogen-bond donors (Lipinski definition) is 0. The molecule has 0 aromatic heterocycles. The van der Waals surface area contributed by atoms with Crippen molar-refractivity contribution >= 4 is 0 Å². The minimum Gasteiger partial charge on any atom is -0.489 e. The van der Waals surface area contributed by atoms with Crippen LogP contribution in [0.4, 0.5) is 13.2 Å². The molecule has 0 spiro atoms. The van der Waals surface area contributed by atoms with Gasteiger partial charge in [-0.15, -0.1) is 0 Å². The van der Waals surface area contributed by atoms with E-state index in [1.165, 1.54) is 12.1 Å². The lowest BCUT2D eigenvalue weighted by molar-refractivity contribution is -0.138. The smallest absolute Gasteiger partial charge is 0.416 e. The molecule has 0 aliphatic carbocycles. The lowest BCUT2D eigenvalue weighted by Crippen LogP contribution is -2.17. The summed E-state index contributed by atoms with van der Waals surface area (Å²) < 4.78 is 45.0. The molecule has 0 N–H and O–H groups in total. The van der Waals surface area contributed by atoms with Crippen molar-refractivity contribution in [2.45, 2.75) is 40.1 Å². The fourth-order valence-electron chi connectivity index (χ4n) is 2.74. The van der Waals surface area contributed by atoms with Gasteiger partial charge in [0.2, 0.25) is 0 Å². The zero-order valence-corrected chi connectivity index (χ0v) is 17.9. The maximum Gasteiger partial charge on any atom is 0.416 e. The number of likely N-dealkylation sites (N-methyl/N-ethyl adjacent to an activating group) is 1. The summed E-state index contributed by atoms with van der Waals surface area (Å²) in [5, 5.41) is 0. The van der Waals surface area contributed by atoms with Crippen LogP contribution in [-0.4, -0.2) is 18.5 Å². The molecule has 0 aliphatic heterocycles. The molecular formula is C25H28F3NO. The Kier molecular flexibility index (Phi) is 8.14. The maximum absolute atomic E-state index is 13.1. The van der Waals surface area contributed by atoms with Crippen molar-refractivity contribution in [3.63, 3.8) is 0 Å². The van der Waals surface area contributed by atoms with Gasteiger partial charge >= 0.3 is 6.18 Å². The first-order valence-electron chi connectivity index (χ1n) is 9.78. The van der Waals surface area contributed by atoms with Gasteiger partial charge < -0.3 is 4.74 Å². The molecule has 30 heavy (non-hydrogen) atoms. The first-order valence-corrected chi connectivity index (χ1v) is 9.78. The number of halogens is 3. The average molecular weight is 415 g/mol. The van der Waals surface area contributed by atoms with Gasteiger partial charge in [-0.05, 0) is 57.7 Å². The van der Waals surface area contributed by atoms with E-state index in [4.69, 9.17) is 4.74 Å². The highest BCUT2D eigenvalue weighted by Crippen LogP contribution is 2.32. The van der Waals surface area contributed by atoms with E-state index in [1.54, 1.807) is 12.1 Å². The van der Waals surface area contributed by atoms with Gasteiger partial charge in [0.05, 0.1) is 5.56 Å². The lowest BCUT2D eigenvalue weighted by atomic mass is 9.98. The molecule has 2 aromatic rings. The molecule has 2 rings (SSSR count). The summed E-state index contributed by atoms with van der Waals surface area (Å²) in [5.74, 6) is 6.74. The molecule has 0 aliphatic rings. The molecule has 2 aromatic carbocycles. The van der Waals surface area contributed by atoms with Crippen molar-refractivity contribution in [3.8, 4) is 17.6 Å². The fourth-order valence-corrected chi connectivity index (χ4v) is 2.74. The average Bonchev–Trinajstić information content (AvgIpc) is 2.65. The summed E-state index contributed by atoms with van der Waals surface area (Å²) in [5.41, 5.74) is 0.460. The molecule has 0 fully saturated rings. The van der Waals surface area contributed by atoms with E-state index in [-0.39, 0.29) is 17.6 Å². The van der Waals surface area contributed by atoms with Crippen LogP contribution >= 0.6 is 0 Å². The third kappa shape index (κ3) is 8.34. The molecule has 0 saturated carbocycles. The van der Waals surface area contributed by atoms with Crippen LogP contribution in [0.25, 0.3) is 0 Å². The number of ether oxygens (including phenoxy) is 1. The Morgan fingerprint density at radius 3 is 2.47 bits per heavy atom. The first kappa shape index (κ1) is 23.6.